The van der Waals surface area contributed by atoms with Crippen molar-refractivity contribution in [3.8, 4) is 0 Å². The average molecular weight is 667 g/mol. The molecule has 3 N–H and O–H groups in total. The van der Waals surface area contributed by atoms with Gasteiger partial charge in [0.25, 0.3) is 0 Å². The SMILES string of the molecule is C.CC(O)C1CCN(C(=O)OC(C)(C)C)C1.CC(O)C1CCNC1.COC1CCN(C(=O)OC(C)(C)C)C1.[Br-].[CH3-].[Mg+2]. The second-order valence-corrected chi connectivity index (χ2v) is 12.3. The quantitative estimate of drug-likeness (QED) is 0.301. The van der Waals surface area contributed by atoms with Gasteiger partial charge in [-0.15, -0.1) is 0 Å². The van der Waals surface area contributed by atoms with Crippen LogP contribution in [0.4, 0.5) is 9.59 Å². The van der Waals surface area contributed by atoms with Crippen molar-refractivity contribution >= 4 is 35.2 Å². The number of hydrogen-bond acceptors (Lipinski definition) is 8. The molecule has 0 aromatic heterocycles. The fourth-order valence-electron chi connectivity index (χ4n) is 4.18. The van der Waals surface area contributed by atoms with Crippen LogP contribution in [0.1, 0.15) is 82.1 Å². The summed E-state index contributed by atoms with van der Waals surface area (Å²) in [5.74, 6) is 0.701. The molecule has 0 aromatic rings. The standard InChI is InChI=1S/C11H21NO3.C10H19NO3.C6H13NO.CH4.CH3.BrH.Mg/c1-8(13)9-5-6-12(7-9)10(14)15-11(2,3)4;1-10(2,3)14-9(12)11-6-5-8(7-11)13-4;1-5(8)6-2-3-7-4-6;;;;/h8-9,13H,5-7H2,1-4H3;8H,5-7H2,1-4H3;5-8H,2-4H2,1H3;1H4;1H3;1H;/q;;;;-1;;+2/p-1. The number of amides is 2. The van der Waals surface area contributed by atoms with Gasteiger partial charge in [-0.25, -0.2) is 9.59 Å². The van der Waals surface area contributed by atoms with Gasteiger partial charge in [0.2, 0.25) is 0 Å². The minimum Gasteiger partial charge on any atom is -1.00 e. The molecule has 2 amide bonds. The van der Waals surface area contributed by atoms with E-state index < -0.39 is 11.2 Å². The summed E-state index contributed by atoms with van der Waals surface area (Å²) in [6.45, 7) is 19.5. The maximum atomic E-state index is 11.7. The molecule has 3 saturated heterocycles. The van der Waals surface area contributed by atoms with Gasteiger partial charge in [0.05, 0.1) is 24.9 Å². The van der Waals surface area contributed by atoms with E-state index in [1.165, 1.54) is 0 Å². The fraction of sp³-hybridized carbons (Fsp3) is 0.897. The third kappa shape index (κ3) is 20.3. The summed E-state index contributed by atoms with van der Waals surface area (Å²) in [6, 6.07) is 0. The van der Waals surface area contributed by atoms with Crippen LogP contribution in [-0.2, 0) is 14.2 Å². The van der Waals surface area contributed by atoms with E-state index >= 15 is 0 Å². The number of nitrogens with one attached hydrogen (secondary N) is 1. The fourth-order valence-corrected chi connectivity index (χ4v) is 4.18. The molecule has 0 radical (unpaired) electrons. The third-order valence-electron chi connectivity index (χ3n) is 6.47. The zero-order valence-corrected chi connectivity index (χ0v) is 29.7. The topological polar surface area (TPSA) is 121 Å². The number of likely N-dealkylation sites (tertiary alicyclic amines) is 2. The van der Waals surface area contributed by atoms with E-state index in [1.54, 1.807) is 23.8 Å². The summed E-state index contributed by atoms with van der Waals surface area (Å²) in [7, 11) is 1.67. The Labute approximate surface area is 277 Å². The normalized spacial score (nSPS) is 23.0. The van der Waals surface area contributed by atoms with Crippen molar-refractivity contribution in [2.75, 3.05) is 46.4 Å². The first-order chi connectivity index (χ1) is 17.0. The molecule has 0 aromatic carbocycles. The van der Waals surface area contributed by atoms with Gasteiger partial charge in [-0.2, -0.15) is 0 Å². The van der Waals surface area contributed by atoms with Gasteiger partial charge in [0, 0.05) is 39.2 Å². The Balaban J connectivity index is -0.000000248. The molecule has 0 saturated carbocycles. The second-order valence-electron chi connectivity index (χ2n) is 12.3. The first kappa shape index (κ1) is 47.6. The van der Waals surface area contributed by atoms with Gasteiger partial charge < -0.3 is 63.9 Å². The van der Waals surface area contributed by atoms with Crippen molar-refractivity contribution in [2.24, 2.45) is 11.8 Å². The Morgan fingerprint density at radius 2 is 1.27 bits per heavy atom. The van der Waals surface area contributed by atoms with Crippen LogP contribution in [0.5, 0.6) is 0 Å². The molecule has 0 bridgehead atoms. The van der Waals surface area contributed by atoms with Gasteiger partial charge in [0.1, 0.15) is 11.2 Å². The van der Waals surface area contributed by atoms with Crippen LogP contribution in [0, 0.1) is 19.3 Å². The molecular weight excluding hydrogens is 607 g/mol. The summed E-state index contributed by atoms with van der Waals surface area (Å²) in [4.78, 5) is 26.6. The Morgan fingerprint density at radius 3 is 1.56 bits per heavy atom. The smallest absolute Gasteiger partial charge is 1.00 e. The molecule has 242 valence electrons. The summed E-state index contributed by atoms with van der Waals surface area (Å²) < 4.78 is 15.7. The van der Waals surface area contributed by atoms with Crippen molar-refractivity contribution in [3.63, 3.8) is 0 Å². The Hall–Kier alpha value is -0.374. The van der Waals surface area contributed by atoms with Crippen LogP contribution < -0.4 is 22.3 Å². The molecule has 3 aliphatic rings. The number of ether oxygens (including phenoxy) is 3. The molecular formula is C29H60BrMgN3O7. The van der Waals surface area contributed by atoms with E-state index in [1.807, 2.05) is 48.5 Å². The first-order valence-corrected chi connectivity index (χ1v) is 13.6. The predicted octanol–water partition coefficient (Wildman–Crippen LogP) is 0.953. The molecule has 3 fully saturated rings. The number of halogens is 1. The summed E-state index contributed by atoms with van der Waals surface area (Å²) in [6.07, 6.45) is 2.08. The van der Waals surface area contributed by atoms with Gasteiger partial charge >= 0.3 is 35.2 Å². The van der Waals surface area contributed by atoms with Gasteiger partial charge in [0.15, 0.2) is 0 Å². The van der Waals surface area contributed by atoms with Crippen molar-refractivity contribution in [3.05, 3.63) is 7.43 Å². The van der Waals surface area contributed by atoms with E-state index in [0.717, 1.165) is 38.9 Å². The van der Waals surface area contributed by atoms with Crippen LogP contribution in [0.25, 0.3) is 0 Å². The Kier molecular flexibility index (Phi) is 25.7. The van der Waals surface area contributed by atoms with E-state index in [-0.39, 0.29) is 91.3 Å². The minimum atomic E-state index is -0.444. The minimum absolute atomic E-state index is 0. The largest absolute Gasteiger partial charge is 2.00 e. The summed E-state index contributed by atoms with van der Waals surface area (Å²) >= 11 is 0. The van der Waals surface area contributed by atoms with Crippen LogP contribution in [0.15, 0.2) is 0 Å². The molecule has 41 heavy (non-hydrogen) atoms. The van der Waals surface area contributed by atoms with E-state index in [4.69, 9.17) is 19.3 Å². The molecule has 10 nitrogen and oxygen atoms in total. The van der Waals surface area contributed by atoms with Crippen LogP contribution in [-0.4, -0.2) is 131 Å². The Morgan fingerprint density at radius 1 is 0.829 bits per heavy atom. The second kappa shape index (κ2) is 22.2. The van der Waals surface area contributed by atoms with Crippen molar-refractivity contribution in [1.29, 1.82) is 0 Å². The molecule has 3 heterocycles. The summed E-state index contributed by atoms with van der Waals surface area (Å²) in [5.41, 5.74) is -0.859. The van der Waals surface area contributed by atoms with Crippen molar-refractivity contribution < 1.29 is 51.0 Å². The van der Waals surface area contributed by atoms with Crippen LogP contribution >= 0.6 is 0 Å². The maximum absolute atomic E-state index is 11.7. The molecule has 0 aliphatic carbocycles. The predicted molar refractivity (Wildman–Crippen MR) is 162 cm³/mol. The van der Waals surface area contributed by atoms with E-state index in [9.17, 15) is 14.7 Å². The molecule has 5 atom stereocenters. The van der Waals surface area contributed by atoms with E-state index in [0.29, 0.717) is 25.6 Å². The molecule has 3 aliphatic heterocycles. The van der Waals surface area contributed by atoms with E-state index in [2.05, 4.69) is 5.32 Å². The monoisotopic (exact) mass is 665 g/mol. The number of nitrogens with zero attached hydrogens (tertiary/aromatic N) is 2. The number of carbonyl (C=O) groups excluding carboxylic acids is 2. The van der Waals surface area contributed by atoms with Gasteiger partial charge in [-0.1, -0.05) is 7.43 Å². The number of rotatable bonds is 3. The number of hydrogen-bond donors (Lipinski definition) is 3. The number of aliphatic hydroxyl groups is 2. The third-order valence-corrected chi connectivity index (χ3v) is 6.47. The first-order valence-electron chi connectivity index (χ1n) is 13.6. The zero-order valence-electron chi connectivity index (χ0n) is 26.7. The molecule has 12 heteroatoms. The molecule has 3 rings (SSSR count). The number of methoxy groups -OCH3 is 1. The number of carbonyl (C=O) groups is 2. The average Bonchev–Trinajstić information content (AvgIpc) is 3.54. The van der Waals surface area contributed by atoms with Crippen LogP contribution in [0.2, 0.25) is 0 Å². The van der Waals surface area contributed by atoms with Gasteiger partial charge in [-0.05, 0) is 87.1 Å². The molecule has 0 spiro atoms. The van der Waals surface area contributed by atoms with Crippen molar-refractivity contribution in [2.45, 2.75) is 112 Å². The zero-order chi connectivity index (χ0) is 28.4. The van der Waals surface area contributed by atoms with Gasteiger partial charge in [-0.3, -0.25) is 0 Å². The van der Waals surface area contributed by atoms with Crippen molar-refractivity contribution in [1.82, 2.24) is 15.1 Å². The Bertz CT molecular complexity index is 697. The maximum Gasteiger partial charge on any atom is 2.00 e. The summed E-state index contributed by atoms with van der Waals surface area (Å²) in [5, 5.41) is 21.6. The van der Waals surface area contributed by atoms with Crippen LogP contribution in [0.3, 0.4) is 0 Å². The molecule has 5 unspecified atom stereocenters. The number of aliphatic hydroxyl groups excluding tert-OH is 2.